The van der Waals surface area contributed by atoms with Gasteiger partial charge in [0.15, 0.2) is 0 Å². The van der Waals surface area contributed by atoms with E-state index in [1.807, 2.05) is 49.5 Å². The van der Waals surface area contributed by atoms with E-state index < -0.39 is 0 Å². The van der Waals surface area contributed by atoms with Gasteiger partial charge in [0.1, 0.15) is 5.75 Å². The molecule has 5 rings (SSSR count). The van der Waals surface area contributed by atoms with Gasteiger partial charge >= 0.3 is 5.97 Å². The average Bonchev–Trinajstić information content (AvgIpc) is 2.75. The van der Waals surface area contributed by atoms with E-state index in [4.69, 9.17) is 19.4 Å². The van der Waals surface area contributed by atoms with E-state index in [9.17, 15) is 4.79 Å². The van der Waals surface area contributed by atoms with E-state index in [0.717, 1.165) is 56.4 Å². The maximum atomic E-state index is 12.2. The first-order chi connectivity index (χ1) is 14.2. The second-order valence-electron chi connectivity index (χ2n) is 7.22. The molecular weight excluding hydrogens is 364 g/mol. The number of benzene rings is 2. The van der Waals surface area contributed by atoms with Gasteiger partial charge in [0, 0.05) is 34.6 Å². The van der Waals surface area contributed by atoms with E-state index in [1.165, 1.54) is 12.7 Å². The minimum Gasteiger partial charge on any atom is -0.493 e. The number of aryl methyl sites for hydroxylation is 1. The molecule has 0 radical (unpaired) electrons. The standard InChI is InChI=1S/C24H20N2O3/c1-14-18(13-21(27)28-2)23(16-5-3-4-6-19(16)26-14)17-7-8-20-22-15(10-12-29-20)9-11-25-24(17)22/h3-9,11H,10,12-13H2,1-2H3. The molecular formula is C24H20N2O3. The quantitative estimate of drug-likeness (QED) is 0.490. The van der Waals surface area contributed by atoms with Gasteiger partial charge in [-0.2, -0.15) is 0 Å². The molecule has 29 heavy (non-hydrogen) atoms. The second-order valence-corrected chi connectivity index (χ2v) is 7.22. The lowest BCUT2D eigenvalue weighted by Gasteiger charge is -2.21. The van der Waals surface area contributed by atoms with Gasteiger partial charge in [-0.05, 0) is 47.9 Å². The summed E-state index contributed by atoms with van der Waals surface area (Å²) >= 11 is 0. The summed E-state index contributed by atoms with van der Waals surface area (Å²) < 4.78 is 10.8. The topological polar surface area (TPSA) is 61.3 Å². The van der Waals surface area contributed by atoms with E-state index in [0.29, 0.717) is 6.61 Å². The molecule has 0 saturated carbocycles. The molecule has 144 valence electrons. The summed E-state index contributed by atoms with van der Waals surface area (Å²) in [6, 6.07) is 14.1. The summed E-state index contributed by atoms with van der Waals surface area (Å²) in [6.07, 6.45) is 2.88. The molecule has 3 heterocycles. The van der Waals surface area contributed by atoms with Gasteiger partial charge in [0.05, 0.1) is 31.2 Å². The number of fused-ring (bicyclic) bond motifs is 1. The van der Waals surface area contributed by atoms with Crippen LogP contribution >= 0.6 is 0 Å². The first kappa shape index (κ1) is 17.6. The number of nitrogens with zero attached hydrogens (tertiary/aromatic N) is 2. The Labute approximate surface area is 168 Å². The molecule has 0 N–H and O–H groups in total. The van der Waals surface area contributed by atoms with Gasteiger partial charge in [0.25, 0.3) is 0 Å². The number of methoxy groups -OCH3 is 1. The number of ether oxygens (including phenoxy) is 2. The van der Waals surface area contributed by atoms with E-state index in [1.54, 1.807) is 0 Å². The third-order valence-corrected chi connectivity index (χ3v) is 5.59. The van der Waals surface area contributed by atoms with E-state index in [2.05, 4.69) is 6.07 Å². The number of hydrogen-bond acceptors (Lipinski definition) is 5. The Morgan fingerprint density at radius 3 is 2.90 bits per heavy atom. The highest BCUT2D eigenvalue weighted by atomic mass is 16.5. The minimum absolute atomic E-state index is 0.162. The number of esters is 1. The van der Waals surface area contributed by atoms with Crippen molar-refractivity contribution in [3.63, 3.8) is 0 Å². The van der Waals surface area contributed by atoms with Crippen LogP contribution in [0.2, 0.25) is 0 Å². The third-order valence-electron chi connectivity index (χ3n) is 5.59. The maximum absolute atomic E-state index is 12.2. The lowest BCUT2D eigenvalue weighted by atomic mass is 9.90. The molecule has 2 aromatic carbocycles. The van der Waals surface area contributed by atoms with Gasteiger partial charge in [-0.15, -0.1) is 0 Å². The number of carbonyl (C=O) groups is 1. The zero-order chi connectivity index (χ0) is 20.0. The SMILES string of the molecule is COC(=O)Cc1c(C)nc2ccccc2c1-c1ccc2c3c(ccnc13)CCO2. The Bertz CT molecular complexity index is 1270. The highest BCUT2D eigenvalue weighted by molar-refractivity contribution is 6.07. The Hall–Kier alpha value is -3.47. The second kappa shape index (κ2) is 6.85. The van der Waals surface area contributed by atoms with Crippen LogP contribution in [0.3, 0.4) is 0 Å². The smallest absolute Gasteiger partial charge is 0.310 e. The van der Waals surface area contributed by atoms with Crippen LogP contribution in [0, 0.1) is 6.92 Å². The van der Waals surface area contributed by atoms with Gasteiger partial charge in [-0.25, -0.2) is 0 Å². The minimum atomic E-state index is -0.287. The monoisotopic (exact) mass is 384 g/mol. The number of hydrogen-bond donors (Lipinski definition) is 0. The normalized spacial score (nSPS) is 12.8. The Morgan fingerprint density at radius 1 is 1.17 bits per heavy atom. The summed E-state index contributed by atoms with van der Waals surface area (Å²) in [5, 5.41) is 2.05. The van der Waals surface area contributed by atoms with Crippen LogP contribution in [-0.2, 0) is 22.4 Å². The molecule has 0 atom stereocenters. The third kappa shape index (κ3) is 2.81. The first-order valence-corrected chi connectivity index (χ1v) is 9.66. The van der Waals surface area contributed by atoms with E-state index >= 15 is 0 Å². The number of rotatable bonds is 3. The molecule has 0 bridgehead atoms. The molecule has 0 unspecified atom stereocenters. The average molecular weight is 384 g/mol. The molecule has 5 heteroatoms. The zero-order valence-corrected chi connectivity index (χ0v) is 16.4. The van der Waals surface area contributed by atoms with Gasteiger partial charge in [0.2, 0.25) is 0 Å². The van der Waals surface area contributed by atoms with Crippen LogP contribution < -0.4 is 4.74 Å². The van der Waals surface area contributed by atoms with Crippen molar-refractivity contribution >= 4 is 27.8 Å². The molecule has 5 nitrogen and oxygen atoms in total. The fourth-order valence-electron chi connectivity index (χ4n) is 4.22. The molecule has 2 aromatic heterocycles. The van der Waals surface area contributed by atoms with Crippen molar-refractivity contribution in [1.82, 2.24) is 9.97 Å². The van der Waals surface area contributed by atoms with Crippen LogP contribution in [-0.4, -0.2) is 29.7 Å². The Balaban J connectivity index is 1.89. The number of aromatic nitrogens is 2. The molecule has 1 aliphatic rings. The fourth-order valence-corrected chi connectivity index (χ4v) is 4.22. The van der Waals surface area contributed by atoms with Crippen molar-refractivity contribution in [1.29, 1.82) is 0 Å². The predicted octanol–water partition coefficient (Wildman–Crippen LogP) is 4.41. The van der Waals surface area contributed by atoms with Crippen molar-refractivity contribution in [2.45, 2.75) is 19.8 Å². The molecule has 1 aliphatic heterocycles. The van der Waals surface area contributed by atoms with Crippen molar-refractivity contribution in [2.75, 3.05) is 13.7 Å². The fraction of sp³-hybridized carbons (Fsp3) is 0.208. The first-order valence-electron chi connectivity index (χ1n) is 9.66. The summed E-state index contributed by atoms with van der Waals surface area (Å²) in [7, 11) is 1.41. The predicted molar refractivity (Wildman–Crippen MR) is 112 cm³/mol. The molecule has 0 saturated heterocycles. The molecule has 0 fully saturated rings. The largest absolute Gasteiger partial charge is 0.493 e. The number of para-hydroxylation sites is 1. The lowest BCUT2D eigenvalue weighted by Crippen LogP contribution is -2.11. The number of pyridine rings is 2. The van der Waals surface area contributed by atoms with Crippen molar-refractivity contribution < 1.29 is 14.3 Å². The highest BCUT2D eigenvalue weighted by Crippen LogP contribution is 2.41. The Kier molecular flexibility index (Phi) is 4.16. The molecule has 0 amide bonds. The van der Waals surface area contributed by atoms with Crippen LogP contribution in [0.15, 0.2) is 48.7 Å². The summed E-state index contributed by atoms with van der Waals surface area (Å²) in [4.78, 5) is 21.7. The van der Waals surface area contributed by atoms with E-state index in [-0.39, 0.29) is 12.4 Å². The molecule has 0 spiro atoms. The Morgan fingerprint density at radius 2 is 2.03 bits per heavy atom. The van der Waals surface area contributed by atoms with Crippen molar-refractivity contribution in [2.24, 2.45) is 0 Å². The lowest BCUT2D eigenvalue weighted by molar-refractivity contribution is -0.139. The maximum Gasteiger partial charge on any atom is 0.310 e. The summed E-state index contributed by atoms with van der Waals surface area (Å²) in [5.41, 5.74) is 6.68. The van der Waals surface area contributed by atoms with Crippen LogP contribution in [0.1, 0.15) is 16.8 Å². The van der Waals surface area contributed by atoms with Crippen LogP contribution in [0.5, 0.6) is 5.75 Å². The number of carbonyl (C=O) groups excluding carboxylic acids is 1. The van der Waals surface area contributed by atoms with Crippen molar-refractivity contribution in [3.8, 4) is 16.9 Å². The van der Waals surface area contributed by atoms with Crippen molar-refractivity contribution in [3.05, 3.63) is 65.5 Å². The summed E-state index contributed by atoms with van der Waals surface area (Å²) in [6.45, 7) is 2.62. The summed E-state index contributed by atoms with van der Waals surface area (Å²) in [5.74, 6) is 0.577. The highest BCUT2D eigenvalue weighted by Gasteiger charge is 2.22. The van der Waals surface area contributed by atoms with Gasteiger partial charge in [-0.1, -0.05) is 18.2 Å². The zero-order valence-electron chi connectivity index (χ0n) is 16.4. The van der Waals surface area contributed by atoms with Crippen LogP contribution in [0.25, 0.3) is 32.9 Å². The van der Waals surface area contributed by atoms with Gasteiger partial charge < -0.3 is 9.47 Å². The van der Waals surface area contributed by atoms with Gasteiger partial charge in [-0.3, -0.25) is 14.8 Å². The molecule has 0 aliphatic carbocycles. The molecule has 4 aromatic rings. The van der Waals surface area contributed by atoms with Crippen LogP contribution in [0.4, 0.5) is 0 Å².